The lowest BCUT2D eigenvalue weighted by Crippen LogP contribution is -2.63. The van der Waals surface area contributed by atoms with Crippen LogP contribution < -0.4 is 5.32 Å². The lowest BCUT2D eigenvalue weighted by atomic mass is 9.94. The number of hydrogen-bond acceptors (Lipinski definition) is 3. The molecular formula is C17H13ClN2O3. The van der Waals surface area contributed by atoms with Gasteiger partial charge in [-0.25, -0.2) is 4.79 Å². The van der Waals surface area contributed by atoms with Crippen LogP contribution in [-0.4, -0.2) is 22.7 Å². The smallest absolute Gasteiger partial charge is 0.275 e. The molecule has 116 valence electrons. The van der Waals surface area contributed by atoms with E-state index in [9.17, 15) is 14.4 Å². The minimum Gasteiger partial charge on any atom is -0.275 e. The first kappa shape index (κ1) is 15.2. The second kappa shape index (κ2) is 5.85. The van der Waals surface area contributed by atoms with Crippen molar-refractivity contribution in [2.45, 2.75) is 11.4 Å². The van der Waals surface area contributed by atoms with E-state index in [1.807, 2.05) is 6.07 Å². The van der Waals surface area contributed by atoms with Crippen LogP contribution in [0.15, 0.2) is 60.7 Å². The first-order chi connectivity index (χ1) is 11.0. The number of benzene rings is 2. The molecule has 1 fully saturated rings. The molecule has 23 heavy (non-hydrogen) atoms. The molecule has 1 unspecified atom stereocenters. The number of halogens is 1. The van der Waals surface area contributed by atoms with Crippen LogP contribution in [0.2, 0.25) is 0 Å². The van der Waals surface area contributed by atoms with Gasteiger partial charge in [-0.05, 0) is 11.1 Å². The van der Waals surface area contributed by atoms with Gasteiger partial charge in [-0.2, -0.15) is 0 Å². The maximum atomic E-state index is 12.8. The predicted molar refractivity (Wildman–Crippen MR) is 84.5 cm³/mol. The van der Waals surface area contributed by atoms with Gasteiger partial charge in [-0.15, -0.1) is 0 Å². The molecule has 0 radical (unpaired) electrons. The normalized spacial score (nSPS) is 21.3. The van der Waals surface area contributed by atoms with E-state index in [2.05, 4.69) is 5.32 Å². The van der Waals surface area contributed by atoms with Gasteiger partial charge in [0.25, 0.3) is 11.8 Å². The first-order valence-electron chi connectivity index (χ1n) is 6.99. The topological polar surface area (TPSA) is 66.5 Å². The number of carbonyl (C=O) groups is 3. The zero-order valence-electron chi connectivity index (χ0n) is 12.0. The van der Waals surface area contributed by atoms with E-state index in [4.69, 9.17) is 11.6 Å². The van der Waals surface area contributed by atoms with Gasteiger partial charge in [0.2, 0.25) is 4.87 Å². The number of barbiturate groups is 1. The molecule has 1 heterocycles. The van der Waals surface area contributed by atoms with Crippen molar-refractivity contribution in [1.82, 2.24) is 10.2 Å². The number of hydrogen-bond donors (Lipinski definition) is 1. The Morgan fingerprint density at radius 3 is 2.09 bits per heavy atom. The summed E-state index contributed by atoms with van der Waals surface area (Å²) in [5.41, 5.74) is 1.09. The van der Waals surface area contributed by atoms with E-state index in [0.29, 0.717) is 5.56 Å². The zero-order chi connectivity index (χ0) is 16.4. The molecule has 2 aromatic carbocycles. The summed E-state index contributed by atoms with van der Waals surface area (Å²) in [6, 6.07) is 16.5. The fourth-order valence-corrected chi connectivity index (χ4v) is 2.73. The first-order valence-corrected chi connectivity index (χ1v) is 7.37. The van der Waals surface area contributed by atoms with Gasteiger partial charge in [-0.3, -0.25) is 19.8 Å². The molecule has 1 aliphatic heterocycles. The molecule has 0 saturated carbocycles. The van der Waals surface area contributed by atoms with Gasteiger partial charge in [0, 0.05) is 0 Å². The lowest BCUT2D eigenvalue weighted by molar-refractivity contribution is -0.141. The summed E-state index contributed by atoms with van der Waals surface area (Å²) < 4.78 is 0. The van der Waals surface area contributed by atoms with Gasteiger partial charge in [0.1, 0.15) is 0 Å². The number of carbonyl (C=O) groups excluding carboxylic acids is 3. The number of urea groups is 1. The molecule has 1 atom stereocenters. The molecule has 0 aliphatic carbocycles. The second-order valence-electron chi connectivity index (χ2n) is 5.16. The average molecular weight is 329 g/mol. The van der Waals surface area contributed by atoms with E-state index in [1.165, 1.54) is 0 Å². The molecule has 0 bridgehead atoms. The second-order valence-corrected chi connectivity index (χ2v) is 5.73. The minimum atomic E-state index is -1.94. The predicted octanol–water partition coefficient (Wildman–Crippen LogP) is 2.40. The van der Waals surface area contributed by atoms with Crippen molar-refractivity contribution in [2.75, 3.05) is 0 Å². The van der Waals surface area contributed by atoms with Crippen molar-refractivity contribution >= 4 is 29.4 Å². The van der Waals surface area contributed by atoms with E-state index in [1.54, 1.807) is 54.6 Å². The van der Waals surface area contributed by atoms with Gasteiger partial charge < -0.3 is 0 Å². The highest BCUT2D eigenvalue weighted by atomic mass is 35.5. The van der Waals surface area contributed by atoms with Crippen LogP contribution in [-0.2, 0) is 21.0 Å². The van der Waals surface area contributed by atoms with Crippen molar-refractivity contribution in [2.24, 2.45) is 0 Å². The van der Waals surface area contributed by atoms with Crippen LogP contribution >= 0.6 is 11.6 Å². The Balaban J connectivity index is 1.98. The van der Waals surface area contributed by atoms with Crippen molar-refractivity contribution < 1.29 is 14.4 Å². The van der Waals surface area contributed by atoms with Crippen molar-refractivity contribution in [3.63, 3.8) is 0 Å². The Bertz CT molecular complexity index is 764. The Labute approximate surface area is 137 Å². The van der Waals surface area contributed by atoms with E-state index in [0.717, 1.165) is 10.5 Å². The summed E-state index contributed by atoms with van der Waals surface area (Å²) in [6.07, 6.45) is 0. The third-order valence-electron chi connectivity index (χ3n) is 3.67. The van der Waals surface area contributed by atoms with Crippen molar-refractivity contribution in [3.05, 3.63) is 71.8 Å². The molecule has 1 N–H and O–H groups in total. The van der Waals surface area contributed by atoms with E-state index in [-0.39, 0.29) is 6.54 Å². The summed E-state index contributed by atoms with van der Waals surface area (Å²) in [5, 5.41) is 2.16. The molecule has 1 saturated heterocycles. The largest absolute Gasteiger partial charge is 0.331 e. The number of nitrogens with zero attached hydrogens (tertiary/aromatic N) is 1. The molecule has 3 rings (SSSR count). The number of alkyl halides is 1. The molecule has 2 aromatic rings. The third kappa shape index (κ3) is 2.59. The molecular weight excluding hydrogens is 316 g/mol. The Kier molecular flexibility index (Phi) is 3.88. The van der Waals surface area contributed by atoms with Gasteiger partial charge in [0.15, 0.2) is 0 Å². The summed E-state index contributed by atoms with van der Waals surface area (Å²) in [4.78, 5) is 36.1. The maximum Gasteiger partial charge on any atom is 0.331 e. The standard InChI is InChI=1S/C17H13ClN2O3/c18-17(13-9-5-2-6-10-13)14(21)19-16(23)20(15(17)22)11-12-7-3-1-4-8-12/h1-10H,11H2,(H,19,21,23). The molecule has 5 nitrogen and oxygen atoms in total. The molecule has 0 spiro atoms. The summed E-state index contributed by atoms with van der Waals surface area (Å²) in [7, 11) is 0. The summed E-state index contributed by atoms with van der Waals surface area (Å²) >= 11 is 6.37. The highest BCUT2D eigenvalue weighted by Gasteiger charge is 2.54. The lowest BCUT2D eigenvalue weighted by Gasteiger charge is -2.35. The van der Waals surface area contributed by atoms with Crippen molar-refractivity contribution in [3.8, 4) is 0 Å². The Morgan fingerprint density at radius 1 is 0.913 bits per heavy atom. The quantitative estimate of drug-likeness (QED) is 0.695. The van der Waals surface area contributed by atoms with Gasteiger partial charge in [0.05, 0.1) is 6.54 Å². The van der Waals surface area contributed by atoms with Gasteiger partial charge in [-0.1, -0.05) is 72.3 Å². The van der Waals surface area contributed by atoms with Crippen LogP contribution in [0.5, 0.6) is 0 Å². The minimum absolute atomic E-state index is 0.0418. The molecule has 6 heteroatoms. The number of imide groups is 2. The molecule has 4 amide bonds. The van der Waals surface area contributed by atoms with Crippen molar-refractivity contribution in [1.29, 1.82) is 0 Å². The monoisotopic (exact) mass is 328 g/mol. The fraction of sp³-hybridized carbons (Fsp3) is 0.118. The van der Waals surface area contributed by atoms with Crippen LogP contribution in [0.25, 0.3) is 0 Å². The maximum absolute atomic E-state index is 12.8. The fourth-order valence-electron chi connectivity index (χ4n) is 2.46. The van der Waals surface area contributed by atoms with Crippen LogP contribution in [0.1, 0.15) is 11.1 Å². The highest BCUT2D eigenvalue weighted by molar-refractivity contribution is 6.48. The SMILES string of the molecule is O=C1NC(=O)C(Cl)(c2ccccc2)C(=O)N1Cc1ccccc1. The van der Waals surface area contributed by atoms with Crippen LogP contribution in [0, 0.1) is 0 Å². The average Bonchev–Trinajstić information content (AvgIpc) is 2.58. The Hall–Kier alpha value is -2.66. The summed E-state index contributed by atoms with van der Waals surface area (Å²) in [6.45, 7) is 0.0418. The highest BCUT2D eigenvalue weighted by Crippen LogP contribution is 2.34. The van der Waals surface area contributed by atoms with Crippen LogP contribution in [0.3, 0.4) is 0 Å². The Morgan fingerprint density at radius 2 is 1.48 bits per heavy atom. The number of amides is 4. The van der Waals surface area contributed by atoms with Crippen LogP contribution in [0.4, 0.5) is 4.79 Å². The third-order valence-corrected chi connectivity index (χ3v) is 4.22. The number of rotatable bonds is 3. The van der Waals surface area contributed by atoms with E-state index < -0.39 is 22.7 Å². The summed E-state index contributed by atoms with van der Waals surface area (Å²) in [5.74, 6) is -1.58. The zero-order valence-corrected chi connectivity index (χ0v) is 12.8. The van der Waals surface area contributed by atoms with Gasteiger partial charge >= 0.3 is 6.03 Å². The molecule has 0 aromatic heterocycles. The number of nitrogens with one attached hydrogen (secondary N) is 1. The molecule has 1 aliphatic rings. The van der Waals surface area contributed by atoms with E-state index >= 15 is 0 Å².